The molecule has 2 aromatic carbocycles. The van der Waals surface area contributed by atoms with E-state index in [2.05, 4.69) is 31.2 Å². The maximum absolute atomic E-state index is 13.1. The molecule has 4 heteroatoms. The number of hydrogen-bond donors (Lipinski definition) is 0. The molecule has 1 atom stereocenters. The first-order valence-electron chi connectivity index (χ1n) is 10.7. The van der Waals surface area contributed by atoms with Crippen LogP contribution in [0.1, 0.15) is 49.9 Å². The molecule has 0 aliphatic carbocycles. The summed E-state index contributed by atoms with van der Waals surface area (Å²) in [6, 6.07) is 14.3. The van der Waals surface area contributed by atoms with E-state index in [0.29, 0.717) is 11.1 Å². The first-order valence-corrected chi connectivity index (χ1v) is 10.7. The second kappa shape index (κ2) is 9.40. The highest BCUT2D eigenvalue weighted by Crippen LogP contribution is 2.35. The van der Waals surface area contributed by atoms with Crippen molar-refractivity contribution in [1.29, 1.82) is 0 Å². The average molecular weight is 406 g/mol. The lowest BCUT2D eigenvalue weighted by atomic mass is 9.90. The van der Waals surface area contributed by atoms with Crippen LogP contribution in [-0.2, 0) is 23.0 Å². The zero-order valence-corrected chi connectivity index (χ0v) is 18.6. The van der Waals surface area contributed by atoms with Crippen LogP contribution >= 0.6 is 0 Å². The van der Waals surface area contributed by atoms with Gasteiger partial charge in [0.1, 0.15) is 6.29 Å². The van der Waals surface area contributed by atoms with Crippen LogP contribution in [0, 0.1) is 6.92 Å². The zero-order valence-electron chi connectivity index (χ0n) is 18.6. The van der Waals surface area contributed by atoms with Crippen molar-refractivity contribution in [3.63, 3.8) is 0 Å². The van der Waals surface area contributed by atoms with E-state index < -0.39 is 5.92 Å². The van der Waals surface area contributed by atoms with Crippen molar-refractivity contribution >= 4 is 17.1 Å². The van der Waals surface area contributed by atoms with Crippen LogP contribution in [-0.4, -0.2) is 23.6 Å². The van der Waals surface area contributed by atoms with Crippen LogP contribution in [0.2, 0.25) is 0 Å². The maximum atomic E-state index is 13.1. The number of aryl methyl sites for hydroxylation is 2. The van der Waals surface area contributed by atoms with Gasteiger partial charge in [-0.25, -0.2) is 0 Å². The van der Waals surface area contributed by atoms with E-state index in [1.807, 2.05) is 39.0 Å². The summed E-state index contributed by atoms with van der Waals surface area (Å²) in [6.45, 7) is 8.31. The van der Waals surface area contributed by atoms with Gasteiger partial charge in [0.05, 0.1) is 18.6 Å². The number of aromatic nitrogens is 1. The van der Waals surface area contributed by atoms with Gasteiger partial charge in [-0.05, 0) is 49.8 Å². The maximum Gasteiger partial charge on any atom is 0.258 e. The van der Waals surface area contributed by atoms with Crippen LogP contribution in [0.3, 0.4) is 0 Å². The molecule has 0 saturated carbocycles. The quantitative estimate of drug-likeness (QED) is 0.486. The third kappa shape index (κ3) is 4.39. The van der Waals surface area contributed by atoms with E-state index in [0.717, 1.165) is 41.2 Å². The summed E-state index contributed by atoms with van der Waals surface area (Å²) in [5, 5.41) is 1.54. The van der Waals surface area contributed by atoms with Crippen LogP contribution < -0.4 is 5.56 Å². The number of carbonyl (C=O) groups is 1. The highest BCUT2D eigenvalue weighted by atomic mass is 16.5. The molecule has 158 valence electrons. The predicted octanol–water partition coefficient (Wildman–Crippen LogP) is 5.17. The number of nitrogens with zero attached hydrogens (tertiary/aromatic N) is 1. The van der Waals surface area contributed by atoms with E-state index in [1.165, 1.54) is 5.56 Å². The molecule has 0 bridgehead atoms. The molecule has 0 fully saturated rings. The Bertz CT molecular complexity index is 1090. The number of rotatable bonds is 8. The van der Waals surface area contributed by atoms with Crippen molar-refractivity contribution in [2.24, 2.45) is 7.05 Å². The fraction of sp³-hybridized carbons (Fsp3) is 0.385. The lowest BCUT2D eigenvalue weighted by molar-refractivity contribution is -0.110. The molecule has 0 saturated heterocycles. The number of benzene rings is 2. The second-order valence-corrected chi connectivity index (χ2v) is 8.25. The van der Waals surface area contributed by atoms with Crippen molar-refractivity contribution in [2.75, 3.05) is 6.61 Å². The van der Waals surface area contributed by atoms with Crippen LogP contribution in [0.15, 0.2) is 47.3 Å². The molecule has 4 nitrogen and oxygen atoms in total. The predicted molar refractivity (Wildman–Crippen MR) is 123 cm³/mol. The van der Waals surface area contributed by atoms with Gasteiger partial charge in [0.25, 0.3) is 5.56 Å². The molecule has 1 unspecified atom stereocenters. The Labute approximate surface area is 178 Å². The molecule has 3 aromatic rings. The summed E-state index contributed by atoms with van der Waals surface area (Å²) >= 11 is 0. The molecule has 3 rings (SSSR count). The van der Waals surface area contributed by atoms with Gasteiger partial charge in [-0.2, -0.15) is 0 Å². The van der Waals surface area contributed by atoms with Gasteiger partial charge < -0.3 is 14.1 Å². The van der Waals surface area contributed by atoms with Gasteiger partial charge >= 0.3 is 0 Å². The van der Waals surface area contributed by atoms with Crippen molar-refractivity contribution in [2.45, 2.75) is 52.6 Å². The van der Waals surface area contributed by atoms with E-state index in [1.54, 1.807) is 11.6 Å². The second-order valence-electron chi connectivity index (χ2n) is 8.25. The molecular weight excluding hydrogens is 374 g/mol. The van der Waals surface area contributed by atoms with E-state index in [4.69, 9.17) is 4.74 Å². The largest absolute Gasteiger partial charge is 0.378 e. The standard InChI is InChI=1S/C26H31NO3/c1-6-7-19-9-11-20(12-10-19)24-23-14-18(4)8-13-22(23)26(29)27(5)25(24)21(15-28)16-30-17(2)3/h8-15,17,21H,6-7,16H2,1-5H3. The third-order valence-electron chi connectivity index (χ3n) is 5.50. The lowest BCUT2D eigenvalue weighted by Gasteiger charge is -2.23. The summed E-state index contributed by atoms with van der Waals surface area (Å²) in [5.41, 5.74) is 4.91. The number of ether oxygens (including phenoxy) is 1. The molecule has 0 amide bonds. The van der Waals surface area contributed by atoms with Crippen LogP contribution in [0.4, 0.5) is 0 Å². The summed E-state index contributed by atoms with van der Waals surface area (Å²) in [7, 11) is 1.75. The monoisotopic (exact) mass is 405 g/mol. The first kappa shape index (κ1) is 22.0. The molecule has 30 heavy (non-hydrogen) atoms. The van der Waals surface area contributed by atoms with Crippen molar-refractivity contribution in [1.82, 2.24) is 4.57 Å². The molecular formula is C26H31NO3. The third-order valence-corrected chi connectivity index (χ3v) is 5.50. The van der Waals surface area contributed by atoms with E-state index in [9.17, 15) is 9.59 Å². The van der Waals surface area contributed by atoms with Gasteiger partial charge in [0, 0.05) is 23.7 Å². The van der Waals surface area contributed by atoms with E-state index >= 15 is 0 Å². The molecule has 0 aliphatic rings. The topological polar surface area (TPSA) is 48.3 Å². The zero-order chi connectivity index (χ0) is 21.8. The number of pyridine rings is 1. The van der Waals surface area contributed by atoms with E-state index in [-0.39, 0.29) is 18.3 Å². The Hall–Kier alpha value is -2.72. The smallest absolute Gasteiger partial charge is 0.258 e. The molecule has 0 spiro atoms. The Morgan fingerprint density at radius 1 is 1.07 bits per heavy atom. The first-order chi connectivity index (χ1) is 14.4. The average Bonchev–Trinajstić information content (AvgIpc) is 2.72. The molecule has 1 aromatic heterocycles. The molecule has 1 heterocycles. The Balaban J connectivity index is 2.33. The molecule has 0 N–H and O–H groups in total. The van der Waals surface area contributed by atoms with Crippen LogP contribution in [0.25, 0.3) is 21.9 Å². The number of fused-ring (bicyclic) bond motifs is 1. The summed E-state index contributed by atoms with van der Waals surface area (Å²) in [4.78, 5) is 25.3. The van der Waals surface area contributed by atoms with Gasteiger partial charge in [-0.15, -0.1) is 0 Å². The lowest BCUT2D eigenvalue weighted by Crippen LogP contribution is -2.27. The normalized spacial score (nSPS) is 12.5. The number of carbonyl (C=O) groups excluding carboxylic acids is 1. The summed E-state index contributed by atoms with van der Waals surface area (Å²) in [5.74, 6) is -0.527. The Morgan fingerprint density at radius 2 is 1.77 bits per heavy atom. The summed E-state index contributed by atoms with van der Waals surface area (Å²) < 4.78 is 7.40. The minimum absolute atomic E-state index is 0.00366. The van der Waals surface area contributed by atoms with Gasteiger partial charge in [-0.1, -0.05) is 55.3 Å². The van der Waals surface area contributed by atoms with Crippen molar-refractivity contribution < 1.29 is 9.53 Å². The summed E-state index contributed by atoms with van der Waals surface area (Å²) in [6.07, 6.45) is 3.02. The fourth-order valence-corrected chi connectivity index (χ4v) is 3.99. The molecule has 0 radical (unpaired) electrons. The van der Waals surface area contributed by atoms with Gasteiger partial charge in [0.15, 0.2) is 0 Å². The van der Waals surface area contributed by atoms with Crippen molar-refractivity contribution in [3.8, 4) is 11.1 Å². The van der Waals surface area contributed by atoms with Crippen LogP contribution in [0.5, 0.6) is 0 Å². The van der Waals surface area contributed by atoms with Gasteiger partial charge in [-0.3, -0.25) is 4.79 Å². The minimum atomic E-state index is -0.527. The number of hydrogen-bond acceptors (Lipinski definition) is 3. The number of aldehydes is 1. The highest BCUT2D eigenvalue weighted by molar-refractivity contribution is 5.98. The van der Waals surface area contributed by atoms with Crippen molar-refractivity contribution in [3.05, 3.63) is 69.6 Å². The van der Waals surface area contributed by atoms with Gasteiger partial charge in [0.2, 0.25) is 0 Å². The fourth-order valence-electron chi connectivity index (χ4n) is 3.99. The molecule has 0 aliphatic heterocycles. The Morgan fingerprint density at radius 3 is 2.37 bits per heavy atom. The minimum Gasteiger partial charge on any atom is -0.378 e. The Kier molecular flexibility index (Phi) is 6.88. The highest BCUT2D eigenvalue weighted by Gasteiger charge is 2.24. The SMILES string of the molecule is CCCc1ccc(-c2c(C(C=O)COC(C)C)n(C)c(=O)c3ccc(C)cc23)cc1.